The second-order valence-corrected chi connectivity index (χ2v) is 2.42. The van der Waals surface area contributed by atoms with Gasteiger partial charge in [-0.15, -0.1) is 0 Å². The van der Waals surface area contributed by atoms with Gasteiger partial charge in [-0.2, -0.15) is 0 Å². The number of carbonyl (C=O) groups excluding carboxylic acids is 1. The van der Waals surface area contributed by atoms with Gasteiger partial charge in [0.25, 0.3) is 0 Å². The Bertz CT molecular complexity index is 206. The van der Waals surface area contributed by atoms with Crippen LogP contribution in [-0.4, -0.2) is 18.7 Å². The van der Waals surface area contributed by atoms with E-state index in [0.29, 0.717) is 6.42 Å². The summed E-state index contributed by atoms with van der Waals surface area (Å²) in [6.07, 6.45) is 6.99. The van der Waals surface area contributed by atoms with E-state index in [4.69, 9.17) is 9.47 Å². The second kappa shape index (κ2) is 4.72. The van der Waals surface area contributed by atoms with Crippen LogP contribution in [-0.2, 0) is 14.3 Å². The lowest BCUT2D eigenvalue weighted by atomic mass is 10.3. The van der Waals surface area contributed by atoms with E-state index in [0.717, 1.165) is 0 Å². The zero-order valence-electron chi connectivity index (χ0n) is 7.03. The zero-order chi connectivity index (χ0) is 8.81. The molecule has 3 heteroatoms. The maximum Gasteiger partial charge on any atom is 0.219 e. The third-order valence-electron chi connectivity index (χ3n) is 1.47. The fourth-order valence-corrected chi connectivity index (χ4v) is 0.740. The van der Waals surface area contributed by atoms with E-state index in [1.807, 2.05) is 13.0 Å². The Morgan fingerprint density at radius 1 is 1.58 bits per heavy atom. The van der Waals surface area contributed by atoms with Crippen molar-refractivity contribution in [1.29, 1.82) is 0 Å². The molecule has 0 spiro atoms. The van der Waals surface area contributed by atoms with E-state index in [-0.39, 0.29) is 12.4 Å². The molecular formula is C9H12O3. The third-order valence-corrected chi connectivity index (χ3v) is 1.47. The molecule has 0 saturated heterocycles. The van der Waals surface area contributed by atoms with Crippen LogP contribution >= 0.6 is 0 Å². The first-order chi connectivity index (χ1) is 5.83. The summed E-state index contributed by atoms with van der Waals surface area (Å²) in [7, 11) is 0. The van der Waals surface area contributed by atoms with Crippen LogP contribution in [0, 0.1) is 0 Å². The number of ether oxygens (including phenoxy) is 2. The Balaban J connectivity index is 2.19. The first-order valence-corrected chi connectivity index (χ1v) is 3.95. The lowest BCUT2D eigenvalue weighted by molar-refractivity contribution is -0.133. The van der Waals surface area contributed by atoms with Crippen LogP contribution < -0.4 is 0 Å². The summed E-state index contributed by atoms with van der Waals surface area (Å²) >= 11 is 0. The topological polar surface area (TPSA) is 35.5 Å². The van der Waals surface area contributed by atoms with Gasteiger partial charge in [-0.1, -0.05) is 13.0 Å². The Kier molecular flexibility index (Phi) is 3.54. The largest absolute Gasteiger partial charge is 0.469 e. The maximum atomic E-state index is 10.8. The Morgan fingerprint density at radius 3 is 3.00 bits per heavy atom. The highest BCUT2D eigenvalue weighted by Gasteiger charge is 2.07. The summed E-state index contributed by atoms with van der Waals surface area (Å²) in [5.74, 6) is 0.0848. The Labute approximate surface area is 71.7 Å². The van der Waals surface area contributed by atoms with Gasteiger partial charge in [-0.25, -0.2) is 0 Å². The molecule has 0 saturated carbocycles. The van der Waals surface area contributed by atoms with Gasteiger partial charge in [0.2, 0.25) is 6.29 Å². The summed E-state index contributed by atoms with van der Waals surface area (Å²) in [6, 6.07) is 0. The number of carbonyl (C=O) groups is 1. The molecule has 1 rings (SSSR count). The van der Waals surface area contributed by atoms with Crippen LogP contribution in [0.3, 0.4) is 0 Å². The average molecular weight is 168 g/mol. The SMILES string of the molecule is CCC(=O)COC1C=CC=CO1. The molecule has 1 aliphatic heterocycles. The normalized spacial score (nSPS) is 20.6. The van der Waals surface area contributed by atoms with Gasteiger partial charge in [0.05, 0.1) is 6.26 Å². The summed E-state index contributed by atoms with van der Waals surface area (Å²) in [5.41, 5.74) is 0. The van der Waals surface area contributed by atoms with Crippen molar-refractivity contribution in [2.24, 2.45) is 0 Å². The van der Waals surface area contributed by atoms with Crippen molar-refractivity contribution >= 4 is 5.78 Å². The van der Waals surface area contributed by atoms with Crippen molar-refractivity contribution in [1.82, 2.24) is 0 Å². The molecule has 0 aromatic heterocycles. The van der Waals surface area contributed by atoms with Gasteiger partial charge in [0, 0.05) is 6.42 Å². The molecule has 0 bridgehead atoms. The van der Waals surface area contributed by atoms with Crippen LogP contribution in [0.25, 0.3) is 0 Å². The number of Topliss-reactive ketones (excluding diaryl/α,β-unsaturated/α-hetero) is 1. The fraction of sp³-hybridized carbons (Fsp3) is 0.444. The predicted octanol–water partition coefficient (Wildman–Crippen LogP) is 1.41. The molecule has 0 aromatic rings. The number of hydrogen-bond acceptors (Lipinski definition) is 3. The van der Waals surface area contributed by atoms with Crippen LogP contribution in [0.4, 0.5) is 0 Å². The van der Waals surface area contributed by atoms with Crippen molar-refractivity contribution in [3.05, 3.63) is 24.5 Å². The molecule has 3 nitrogen and oxygen atoms in total. The minimum Gasteiger partial charge on any atom is -0.469 e. The number of ketones is 1. The molecule has 0 N–H and O–H groups in total. The highest BCUT2D eigenvalue weighted by Crippen LogP contribution is 2.03. The van der Waals surface area contributed by atoms with Crippen molar-refractivity contribution in [2.45, 2.75) is 19.6 Å². The molecular weight excluding hydrogens is 156 g/mol. The minimum absolute atomic E-state index is 0.0848. The molecule has 1 heterocycles. The molecule has 0 aliphatic carbocycles. The van der Waals surface area contributed by atoms with Gasteiger partial charge >= 0.3 is 0 Å². The molecule has 1 unspecified atom stereocenters. The second-order valence-electron chi connectivity index (χ2n) is 2.42. The molecule has 0 aromatic carbocycles. The number of hydrogen-bond donors (Lipinski definition) is 0. The highest BCUT2D eigenvalue weighted by molar-refractivity contribution is 5.79. The van der Waals surface area contributed by atoms with Gasteiger partial charge in [0.1, 0.15) is 6.61 Å². The zero-order valence-corrected chi connectivity index (χ0v) is 7.03. The van der Waals surface area contributed by atoms with E-state index in [1.165, 1.54) is 0 Å². The minimum atomic E-state index is -0.398. The molecule has 0 radical (unpaired) electrons. The maximum absolute atomic E-state index is 10.8. The summed E-state index contributed by atoms with van der Waals surface area (Å²) in [6.45, 7) is 1.93. The van der Waals surface area contributed by atoms with E-state index in [1.54, 1.807) is 18.4 Å². The number of rotatable bonds is 4. The standard InChI is InChI=1S/C9H12O3/c1-2-8(10)7-12-9-5-3-4-6-11-9/h3-6,9H,2,7H2,1H3. The highest BCUT2D eigenvalue weighted by atomic mass is 16.7. The van der Waals surface area contributed by atoms with Gasteiger partial charge in [0.15, 0.2) is 5.78 Å². The van der Waals surface area contributed by atoms with E-state index in [2.05, 4.69) is 0 Å². The molecule has 66 valence electrons. The van der Waals surface area contributed by atoms with Crippen LogP contribution in [0.5, 0.6) is 0 Å². The Morgan fingerprint density at radius 2 is 2.42 bits per heavy atom. The van der Waals surface area contributed by atoms with Gasteiger partial charge in [-0.3, -0.25) is 4.79 Å². The van der Waals surface area contributed by atoms with E-state index < -0.39 is 6.29 Å². The van der Waals surface area contributed by atoms with Crippen LogP contribution in [0.2, 0.25) is 0 Å². The lowest BCUT2D eigenvalue weighted by Gasteiger charge is -2.14. The van der Waals surface area contributed by atoms with Crippen molar-refractivity contribution < 1.29 is 14.3 Å². The van der Waals surface area contributed by atoms with Gasteiger partial charge < -0.3 is 9.47 Å². The third kappa shape index (κ3) is 2.88. The van der Waals surface area contributed by atoms with Crippen molar-refractivity contribution in [2.75, 3.05) is 6.61 Å². The Hall–Kier alpha value is -1.09. The van der Waals surface area contributed by atoms with E-state index >= 15 is 0 Å². The van der Waals surface area contributed by atoms with Crippen molar-refractivity contribution in [3.8, 4) is 0 Å². The first-order valence-electron chi connectivity index (χ1n) is 3.95. The monoisotopic (exact) mass is 168 g/mol. The molecule has 1 atom stereocenters. The summed E-state index contributed by atoms with van der Waals surface area (Å²) in [5, 5.41) is 0. The van der Waals surface area contributed by atoms with E-state index in [9.17, 15) is 4.79 Å². The summed E-state index contributed by atoms with van der Waals surface area (Å²) in [4.78, 5) is 10.8. The molecule has 1 aliphatic rings. The number of allylic oxidation sites excluding steroid dienone is 2. The van der Waals surface area contributed by atoms with Crippen LogP contribution in [0.1, 0.15) is 13.3 Å². The molecule has 12 heavy (non-hydrogen) atoms. The van der Waals surface area contributed by atoms with Crippen LogP contribution in [0.15, 0.2) is 24.5 Å². The predicted molar refractivity (Wildman–Crippen MR) is 44.4 cm³/mol. The first kappa shape index (κ1) is 9.00. The average Bonchev–Trinajstić information content (AvgIpc) is 2.16. The molecule has 0 amide bonds. The fourth-order valence-electron chi connectivity index (χ4n) is 0.740. The smallest absolute Gasteiger partial charge is 0.219 e. The van der Waals surface area contributed by atoms with Crippen molar-refractivity contribution in [3.63, 3.8) is 0 Å². The van der Waals surface area contributed by atoms with Gasteiger partial charge in [-0.05, 0) is 12.2 Å². The molecule has 0 fully saturated rings. The lowest BCUT2D eigenvalue weighted by Crippen LogP contribution is -2.18. The quantitative estimate of drug-likeness (QED) is 0.636. The summed E-state index contributed by atoms with van der Waals surface area (Å²) < 4.78 is 10.2.